The Labute approximate surface area is 79.1 Å². The molecule has 13 heavy (non-hydrogen) atoms. The SMILES string of the molecule is CC(C)NCCCCNCC(F)F. The summed E-state index contributed by atoms with van der Waals surface area (Å²) in [7, 11) is 0. The Morgan fingerprint density at radius 1 is 1.08 bits per heavy atom. The number of hydrogen-bond acceptors (Lipinski definition) is 2. The summed E-state index contributed by atoms with van der Waals surface area (Å²) in [5.74, 6) is 0. The van der Waals surface area contributed by atoms with Gasteiger partial charge in [-0.25, -0.2) is 8.78 Å². The van der Waals surface area contributed by atoms with Crippen LogP contribution >= 0.6 is 0 Å². The summed E-state index contributed by atoms with van der Waals surface area (Å²) < 4.78 is 23.3. The summed E-state index contributed by atoms with van der Waals surface area (Å²) in [5, 5.41) is 5.96. The first-order valence-electron chi connectivity index (χ1n) is 4.85. The smallest absolute Gasteiger partial charge is 0.250 e. The van der Waals surface area contributed by atoms with Gasteiger partial charge in [-0.15, -0.1) is 0 Å². The fourth-order valence-electron chi connectivity index (χ4n) is 0.977. The van der Waals surface area contributed by atoms with Crippen LogP contribution in [0.4, 0.5) is 8.78 Å². The number of halogens is 2. The van der Waals surface area contributed by atoms with Crippen LogP contribution in [0.15, 0.2) is 0 Å². The minimum Gasteiger partial charge on any atom is -0.315 e. The van der Waals surface area contributed by atoms with Crippen LogP contribution in [0, 0.1) is 0 Å². The molecule has 0 aliphatic heterocycles. The molecule has 0 heterocycles. The number of alkyl halides is 2. The van der Waals surface area contributed by atoms with Crippen molar-refractivity contribution < 1.29 is 8.78 Å². The highest BCUT2D eigenvalue weighted by atomic mass is 19.3. The van der Waals surface area contributed by atoms with E-state index in [-0.39, 0.29) is 6.54 Å². The summed E-state index contributed by atoms with van der Waals surface area (Å²) in [6.45, 7) is 5.65. The van der Waals surface area contributed by atoms with Crippen molar-refractivity contribution in [2.24, 2.45) is 0 Å². The molecule has 0 bridgehead atoms. The van der Waals surface area contributed by atoms with Gasteiger partial charge in [-0.05, 0) is 25.9 Å². The first-order chi connectivity index (χ1) is 6.13. The van der Waals surface area contributed by atoms with Crippen molar-refractivity contribution in [2.75, 3.05) is 19.6 Å². The predicted octanol–water partition coefficient (Wildman–Crippen LogP) is 1.62. The van der Waals surface area contributed by atoms with E-state index in [1.807, 2.05) is 0 Å². The van der Waals surface area contributed by atoms with Gasteiger partial charge in [0.25, 0.3) is 6.43 Å². The van der Waals surface area contributed by atoms with Crippen LogP contribution in [0.5, 0.6) is 0 Å². The molecule has 0 saturated carbocycles. The molecule has 0 aromatic rings. The maximum absolute atomic E-state index is 11.6. The maximum Gasteiger partial charge on any atom is 0.250 e. The van der Waals surface area contributed by atoms with Crippen LogP contribution in [0.1, 0.15) is 26.7 Å². The second kappa shape index (κ2) is 8.38. The van der Waals surface area contributed by atoms with E-state index in [0.29, 0.717) is 12.6 Å². The van der Waals surface area contributed by atoms with Gasteiger partial charge in [0.15, 0.2) is 0 Å². The standard InChI is InChI=1S/C9H20F2N2/c1-8(2)13-6-4-3-5-12-7-9(10)11/h8-9,12-13H,3-7H2,1-2H3. The molecule has 0 spiro atoms. The summed E-state index contributed by atoms with van der Waals surface area (Å²) >= 11 is 0. The molecule has 0 rings (SSSR count). The molecule has 0 aliphatic rings. The van der Waals surface area contributed by atoms with E-state index in [0.717, 1.165) is 19.4 Å². The van der Waals surface area contributed by atoms with Crippen LogP contribution in [-0.2, 0) is 0 Å². The Morgan fingerprint density at radius 3 is 2.23 bits per heavy atom. The number of hydrogen-bond donors (Lipinski definition) is 2. The van der Waals surface area contributed by atoms with Gasteiger partial charge in [-0.3, -0.25) is 0 Å². The van der Waals surface area contributed by atoms with Gasteiger partial charge in [0.2, 0.25) is 0 Å². The molecule has 0 saturated heterocycles. The largest absolute Gasteiger partial charge is 0.315 e. The molecule has 0 aliphatic carbocycles. The molecule has 2 N–H and O–H groups in total. The Kier molecular flexibility index (Phi) is 8.24. The lowest BCUT2D eigenvalue weighted by atomic mass is 10.3. The molecular formula is C9H20F2N2. The molecule has 2 nitrogen and oxygen atoms in total. The Balaban J connectivity index is 2.92. The second-order valence-electron chi connectivity index (χ2n) is 3.41. The molecule has 0 unspecified atom stereocenters. The van der Waals surface area contributed by atoms with Crippen molar-refractivity contribution in [2.45, 2.75) is 39.2 Å². The van der Waals surface area contributed by atoms with Gasteiger partial charge < -0.3 is 10.6 Å². The molecule has 0 atom stereocenters. The summed E-state index contributed by atoms with van der Waals surface area (Å²) in [6, 6.07) is 0.508. The van der Waals surface area contributed by atoms with E-state index >= 15 is 0 Å². The van der Waals surface area contributed by atoms with E-state index < -0.39 is 6.43 Å². The quantitative estimate of drug-likeness (QED) is 0.574. The van der Waals surface area contributed by atoms with Gasteiger partial charge in [0.1, 0.15) is 0 Å². The van der Waals surface area contributed by atoms with Crippen LogP contribution in [0.25, 0.3) is 0 Å². The van der Waals surface area contributed by atoms with E-state index in [1.54, 1.807) is 0 Å². The fourth-order valence-corrected chi connectivity index (χ4v) is 0.977. The summed E-state index contributed by atoms with van der Waals surface area (Å²) in [6.07, 6.45) is -0.241. The van der Waals surface area contributed by atoms with E-state index in [1.165, 1.54) is 0 Å². The van der Waals surface area contributed by atoms with E-state index in [9.17, 15) is 8.78 Å². The van der Waals surface area contributed by atoms with Gasteiger partial charge in [0.05, 0.1) is 6.54 Å². The highest BCUT2D eigenvalue weighted by molar-refractivity contribution is 4.55. The molecule has 0 fully saturated rings. The minimum atomic E-state index is -2.23. The highest BCUT2D eigenvalue weighted by Gasteiger charge is 1.99. The van der Waals surface area contributed by atoms with Crippen molar-refractivity contribution in [1.29, 1.82) is 0 Å². The van der Waals surface area contributed by atoms with Crippen molar-refractivity contribution in [3.63, 3.8) is 0 Å². The lowest BCUT2D eigenvalue weighted by molar-refractivity contribution is 0.146. The number of rotatable bonds is 8. The second-order valence-corrected chi connectivity index (χ2v) is 3.41. The third-order valence-corrected chi connectivity index (χ3v) is 1.63. The topological polar surface area (TPSA) is 24.1 Å². The van der Waals surface area contributed by atoms with Crippen molar-refractivity contribution in [1.82, 2.24) is 10.6 Å². The summed E-state index contributed by atoms with van der Waals surface area (Å²) in [4.78, 5) is 0. The first-order valence-corrected chi connectivity index (χ1v) is 4.85. The van der Waals surface area contributed by atoms with Crippen molar-refractivity contribution >= 4 is 0 Å². The average Bonchev–Trinajstić information content (AvgIpc) is 2.01. The Hall–Kier alpha value is -0.220. The molecule has 0 radical (unpaired) electrons. The molecule has 0 amide bonds. The van der Waals surface area contributed by atoms with Crippen LogP contribution in [-0.4, -0.2) is 32.1 Å². The maximum atomic E-state index is 11.6. The molecule has 80 valence electrons. The van der Waals surface area contributed by atoms with E-state index in [2.05, 4.69) is 24.5 Å². The zero-order valence-electron chi connectivity index (χ0n) is 8.45. The number of nitrogens with one attached hydrogen (secondary N) is 2. The van der Waals surface area contributed by atoms with Gasteiger partial charge in [-0.1, -0.05) is 13.8 Å². The third-order valence-electron chi connectivity index (χ3n) is 1.63. The first kappa shape index (κ1) is 12.8. The lowest BCUT2D eigenvalue weighted by Gasteiger charge is -2.07. The zero-order valence-corrected chi connectivity index (χ0v) is 8.45. The van der Waals surface area contributed by atoms with Crippen LogP contribution < -0.4 is 10.6 Å². The van der Waals surface area contributed by atoms with Crippen molar-refractivity contribution in [3.8, 4) is 0 Å². The Bertz CT molecular complexity index is 95.8. The van der Waals surface area contributed by atoms with Crippen molar-refractivity contribution in [3.05, 3.63) is 0 Å². The molecule has 0 aromatic carbocycles. The molecule has 0 aromatic heterocycles. The van der Waals surface area contributed by atoms with Gasteiger partial charge >= 0.3 is 0 Å². The Morgan fingerprint density at radius 2 is 1.69 bits per heavy atom. The van der Waals surface area contributed by atoms with Gasteiger partial charge in [-0.2, -0.15) is 0 Å². The van der Waals surface area contributed by atoms with Crippen LogP contribution in [0.2, 0.25) is 0 Å². The minimum absolute atomic E-state index is 0.183. The normalized spacial score (nSPS) is 11.5. The highest BCUT2D eigenvalue weighted by Crippen LogP contribution is 1.90. The zero-order chi connectivity index (χ0) is 10.1. The lowest BCUT2D eigenvalue weighted by Crippen LogP contribution is -2.26. The van der Waals surface area contributed by atoms with Gasteiger partial charge in [0, 0.05) is 6.04 Å². The third kappa shape index (κ3) is 11.8. The molecule has 4 heteroatoms. The van der Waals surface area contributed by atoms with E-state index in [4.69, 9.17) is 0 Å². The predicted molar refractivity (Wildman–Crippen MR) is 51.2 cm³/mol. The molecular weight excluding hydrogens is 174 g/mol. The average molecular weight is 194 g/mol. The number of unbranched alkanes of at least 4 members (excludes halogenated alkanes) is 1. The van der Waals surface area contributed by atoms with Crippen LogP contribution in [0.3, 0.4) is 0 Å². The fraction of sp³-hybridized carbons (Fsp3) is 1.00. The summed E-state index contributed by atoms with van der Waals surface area (Å²) in [5.41, 5.74) is 0. The monoisotopic (exact) mass is 194 g/mol.